The van der Waals surface area contributed by atoms with Crippen LogP contribution in [0.15, 0.2) is 40.5 Å². The monoisotopic (exact) mass is 314 g/mol. The van der Waals surface area contributed by atoms with Gasteiger partial charge in [-0.15, -0.1) is 11.3 Å². The summed E-state index contributed by atoms with van der Waals surface area (Å²) in [5.74, 6) is -0.423. The van der Waals surface area contributed by atoms with Gasteiger partial charge in [0.2, 0.25) is 0 Å². The number of aromatic nitrogens is 2. The van der Waals surface area contributed by atoms with E-state index >= 15 is 0 Å². The van der Waals surface area contributed by atoms with E-state index in [9.17, 15) is 9.59 Å². The summed E-state index contributed by atoms with van der Waals surface area (Å²) in [7, 11) is 0. The number of esters is 1. The van der Waals surface area contributed by atoms with Gasteiger partial charge in [-0.2, -0.15) is 0 Å². The van der Waals surface area contributed by atoms with Crippen molar-refractivity contribution in [1.82, 2.24) is 9.38 Å². The highest BCUT2D eigenvalue weighted by atomic mass is 32.1. The molecule has 0 unspecified atom stereocenters. The molecule has 2 heterocycles. The van der Waals surface area contributed by atoms with E-state index in [1.54, 1.807) is 18.2 Å². The standard InChI is InChI=1S/C16H14N2O3S/c1-10-4-3-5-12(6-10)15(20)21-8-13-7-14(19)18-11(2)9-22-16(18)17-13/h3-7,9H,8H2,1-2H3. The zero-order valence-electron chi connectivity index (χ0n) is 12.2. The minimum Gasteiger partial charge on any atom is -0.456 e. The Hall–Kier alpha value is -2.47. The second kappa shape index (κ2) is 5.73. The first kappa shape index (κ1) is 14.5. The van der Waals surface area contributed by atoms with Crippen LogP contribution in [-0.2, 0) is 11.3 Å². The molecule has 0 amide bonds. The number of hydrogen-bond acceptors (Lipinski definition) is 5. The van der Waals surface area contributed by atoms with E-state index < -0.39 is 5.97 Å². The van der Waals surface area contributed by atoms with E-state index in [1.807, 2.05) is 25.3 Å². The molecule has 0 spiro atoms. The van der Waals surface area contributed by atoms with E-state index in [4.69, 9.17) is 4.74 Å². The molecule has 0 N–H and O–H groups in total. The Morgan fingerprint density at radius 3 is 2.91 bits per heavy atom. The van der Waals surface area contributed by atoms with Crippen LogP contribution in [0.1, 0.15) is 27.3 Å². The van der Waals surface area contributed by atoms with Crippen LogP contribution in [0, 0.1) is 13.8 Å². The first-order valence-corrected chi connectivity index (χ1v) is 7.63. The van der Waals surface area contributed by atoms with Crippen molar-refractivity contribution in [2.75, 3.05) is 0 Å². The summed E-state index contributed by atoms with van der Waals surface area (Å²) in [5, 5.41) is 1.87. The second-order valence-electron chi connectivity index (χ2n) is 5.03. The first-order valence-electron chi connectivity index (χ1n) is 6.75. The number of thiazole rings is 1. The highest BCUT2D eigenvalue weighted by Gasteiger charge is 2.10. The number of carbonyl (C=O) groups is 1. The third-order valence-corrected chi connectivity index (χ3v) is 4.18. The van der Waals surface area contributed by atoms with Crippen LogP contribution < -0.4 is 5.56 Å². The summed E-state index contributed by atoms with van der Waals surface area (Å²) in [6.45, 7) is 3.74. The van der Waals surface area contributed by atoms with Crippen LogP contribution >= 0.6 is 11.3 Å². The zero-order valence-corrected chi connectivity index (χ0v) is 13.0. The van der Waals surface area contributed by atoms with Crippen LogP contribution in [0.4, 0.5) is 0 Å². The number of rotatable bonds is 3. The summed E-state index contributed by atoms with van der Waals surface area (Å²) in [6, 6.07) is 8.57. The quantitative estimate of drug-likeness (QED) is 0.697. The molecule has 0 saturated carbocycles. The van der Waals surface area contributed by atoms with Crippen molar-refractivity contribution in [3.63, 3.8) is 0 Å². The molecule has 0 radical (unpaired) electrons. The average molecular weight is 314 g/mol. The van der Waals surface area contributed by atoms with Gasteiger partial charge in [0.25, 0.3) is 5.56 Å². The van der Waals surface area contributed by atoms with E-state index in [0.717, 1.165) is 11.3 Å². The number of ether oxygens (including phenoxy) is 1. The topological polar surface area (TPSA) is 60.7 Å². The molecule has 3 rings (SSSR count). The first-order chi connectivity index (χ1) is 10.5. The maximum Gasteiger partial charge on any atom is 0.338 e. The maximum absolute atomic E-state index is 12.0. The van der Waals surface area contributed by atoms with Crippen molar-refractivity contribution in [2.45, 2.75) is 20.5 Å². The molecule has 0 aliphatic rings. The van der Waals surface area contributed by atoms with Crippen LogP contribution in [-0.4, -0.2) is 15.4 Å². The van der Waals surface area contributed by atoms with Gasteiger partial charge in [-0.3, -0.25) is 9.20 Å². The van der Waals surface area contributed by atoms with Crippen LogP contribution in [0.2, 0.25) is 0 Å². The van der Waals surface area contributed by atoms with Crippen LogP contribution in [0.5, 0.6) is 0 Å². The SMILES string of the molecule is Cc1cccc(C(=O)OCc2cc(=O)n3c(C)csc3n2)c1. The summed E-state index contributed by atoms with van der Waals surface area (Å²) in [5.41, 5.74) is 2.62. The largest absolute Gasteiger partial charge is 0.456 e. The second-order valence-corrected chi connectivity index (χ2v) is 5.86. The van der Waals surface area contributed by atoms with E-state index in [1.165, 1.54) is 21.8 Å². The number of hydrogen-bond donors (Lipinski definition) is 0. The predicted molar refractivity (Wildman–Crippen MR) is 84.4 cm³/mol. The highest BCUT2D eigenvalue weighted by molar-refractivity contribution is 7.15. The Morgan fingerprint density at radius 1 is 1.32 bits per heavy atom. The van der Waals surface area contributed by atoms with Gasteiger partial charge >= 0.3 is 5.97 Å². The maximum atomic E-state index is 12.0. The van der Waals surface area contributed by atoms with Crippen molar-refractivity contribution >= 4 is 22.3 Å². The van der Waals surface area contributed by atoms with Crippen molar-refractivity contribution < 1.29 is 9.53 Å². The molecule has 0 aliphatic heterocycles. The molecule has 0 bridgehead atoms. The van der Waals surface area contributed by atoms with E-state index in [-0.39, 0.29) is 12.2 Å². The zero-order chi connectivity index (χ0) is 15.7. The molecule has 112 valence electrons. The molecule has 3 aromatic rings. The average Bonchev–Trinajstić information content (AvgIpc) is 2.86. The van der Waals surface area contributed by atoms with E-state index in [2.05, 4.69) is 4.98 Å². The Morgan fingerprint density at radius 2 is 2.14 bits per heavy atom. The number of benzene rings is 1. The smallest absolute Gasteiger partial charge is 0.338 e. The minimum absolute atomic E-state index is 0.0184. The van der Waals surface area contributed by atoms with Crippen LogP contribution in [0.3, 0.4) is 0 Å². The molecule has 5 nitrogen and oxygen atoms in total. The lowest BCUT2D eigenvalue weighted by Gasteiger charge is -2.05. The van der Waals surface area contributed by atoms with E-state index in [0.29, 0.717) is 16.2 Å². The van der Waals surface area contributed by atoms with Gasteiger partial charge in [0.15, 0.2) is 4.96 Å². The summed E-state index contributed by atoms with van der Waals surface area (Å²) in [6.07, 6.45) is 0. The normalized spacial score (nSPS) is 10.8. The molecule has 0 aliphatic carbocycles. The number of aryl methyl sites for hydroxylation is 2. The van der Waals surface area contributed by atoms with Crippen molar-refractivity contribution in [3.8, 4) is 0 Å². The summed E-state index contributed by atoms with van der Waals surface area (Å²) < 4.78 is 6.77. The van der Waals surface area contributed by atoms with Crippen molar-refractivity contribution in [3.05, 3.63) is 68.6 Å². The third-order valence-electron chi connectivity index (χ3n) is 3.23. The Kier molecular flexibility index (Phi) is 3.77. The molecule has 6 heteroatoms. The molecule has 0 atom stereocenters. The lowest BCUT2D eigenvalue weighted by atomic mass is 10.1. The van der Waals surface area contributed by atoms with Gasteiger partial charge in [-0.1, -0.05) is 17.7 Å². The number of nitrogens with zero attached hydrogens (tertiary/aromatic N) is 2. The predicted octanol–water partition coefficient (Wildman–Crippen LogP) is 2.73. The molecule has 1 aromatic carbocycles. The molecule has 0 fully saturated rings. The molecule has 2 aromatic heterocycles. The van der Waals surface area contributed by atoms with Gasteiger partial charge in [-0.05, 0) is 26.0 Å². The van der Waals surface area contributed by atoms with Gasteiger partial charge in [0.1, 0.15) is 6.61 Å². The molecule has 0 saturated heterocycles. The highest BCUT2D eigenvalue weighted by Crippen LogP contribution is 2.12. The molecule has 22 heavy (non-hydrogen) atoms. The van der Waals surface area contributed by atoms with Crippen LogP contribution in [0.25, 0.3) is 4.96 Å². The van der Waals surface area contributed by atoms with Crippen molar-refractivity contribution in [1.29, 1.82) is 0 Å². The minimum atomic E-state index is -0.423. The summed E-state index contributed by atoms with van der Waals surface area (Å²) in [4.78, 5) is 29.0. The van der Waals surface area contributed by atoms with Gasteiger partial charge in [-0.25, -0.2) is 9.78 Å². The Labute approximate surface area is 130 Å². The van der Waals surface area contributed by atoms with Gasteiger partial charge in [0.05, 0.1) is 11.3 Å². The fourth-order valence-corrected chi connectivity index (χ4v) is 3.06. The van der Waals surface area contributed by atoms with Gasteiger partial charge < -0.3 is 4.74 Å². The molecular weight excluding hydrogens is 300 g/mol. The number of fused-ring (bicyclic) bond motifs is 1. The fourth-order valence-electron chi connectivity index (χ4n) is 2.17. The van der Waals surface area contributed by atoms with Crippen molar-refractivity contribution in [2.24, 2.45) is 0 Å². The number of carbonyl (C=O) groups excluding carboxylic acids is 1. The molecular formula is C16H14N2O3S. The fraction of sp³-hybridized carbons (Fsp3) is 0.188. The lowest BCUT2D eigenvalue weighted by Crippen LogP contribution is -2.16. The Bertz CT molecular complexity index is 911. The lowest BCUT2D eigenvalue weighted by molar-refractivity contribution is 0.0467. The Balaban J connectivity index is 1.79. The van der Waals surface area contributed by atoms with Gasteiger partial charge in [0, 0.05) is 17.1 Å². The summed E-state index contributed by atoms with van der Waals surface area (Å²) >= 11 is 1.39. The third kappa shape index (κ3) is 2.78.